The molecule has 1 aromatic heterocycles. The number of hydrogen-bond donors (Lipinski definition) is 1. The molecule has 0 aliphatic rings. The number of rotatable bonds is 3. The molecule has 1 N–H and O–H groups in total. The highest BCUT2D eigenvalue weighted by molar-refractivity contribution is 5.82. The first kappa shape index (κ1) is 16.9. The third kappa shape index (κ3) is 3.33. The highest BCUT2D eigenvalue weighted by Gasteiger charge is 2.43. The SMILES string of the molecule is Cc1cccc(C)c1-n1nnnc1C(C)(C)NC(=O)C(F)(F)F. The van der Waals surface area contributed by atoms with Gasteiger partial charge in [-0.05, 0) is 49.2 Å². The van der Waals surface area contributed by atoms with Gasteiger partial charge in [0.15, 0.2) is 5.82 Å². The Morgan fingerprint density at radius 3 is 2.26 bits per heavy atom. The van der Waals surface area contributed by atoms with Crippen molar-refractivity contribution < 1.29 is 18.0 Å². The van der Waals surface area contributed by atoms with Crippen LogP contribution in [0.4, 0.5) is 13.2 Å². The number of nitrogens with zero attached hydrogens (tertiary/aromatic N) is 4. The first-order valence-corrected chi connectivity index (χ1v) is 6.79. The number of aromatic nitrogens is 4. The Morgan fingerprint density at radius 1 is 1.17 bits per heavy atom. The van der Waals surface area contributed by atoms with Crippen molar-refractivity contribution in [1.29, 1.82) is 0 Å². The third-order valence-corrected chi connectivity index (χ3v) is 3.36. The number of tetrazole rings is 1. The van der Waals surface area contributed by atoms with Crippen LogP contribution in [-0.4, -0.2) is 32.3 Å². The van der Waals surface area contributed by atoms with Gasteiger partial charge in [0.25, 0.3) is 0 Å². The summed E-state index contributed by atoms with van der Waals surface area (Å²) in [6.07, 6.45) is -4.98. The molecule has 6 nitrogen and oxygen atoms in total. The van der Waals surface area contributed by atoms with Gasteiger partial charge in [0.2, 0.25) is 0 Å². The summed E-state index contributed by atoms with van der Waals surface area (Å²) in [7, 11) is 0. The zero-order valence-corrected chi connectivity index (χ0v) is 13.1. The van der Waals surface area contributed by atoms with E-state index in [4.69, 9.17) is 0 Å². The molecule has 0 bridgehead atoms. The van der Waals surface area contributed by atoms with E-state index in [1.807, 2.05) is 37.4 Å². The van der Waals surface area contributed by atoms with Crippen LogP contribution < -0.4 is 5.32 Å². The van der Waals surface area contributed by atoms with Crippen LogP contribution in [0.15, 0.2) is 18.2 Å². The first-order chi connectivity index (χ1) is 10.5. The third-order valence-electron chi connectivity index (χ3n) is 3.36. The topological polar surface area (TPSA) is 72.7 Å². The molecule has 0 saturated heterocycles. The highest BCUT2D eigenvalue weighted by Crippen LogP contribution is 2.25. The van der Waals surface area contributed by atoms with E-state index >= 15 is 0 Å². The lowest BCUT2D eigenvalue weighted by molar-refractivity contribution is -0.175. The van der Waals surface area contributed by atoms with Gasteiger partial charge in [-0.1, -0.05) is 18.2 Å². The van der Waals surface area contributed by atoms with E-state index in [1.54, 1.807) is 0 Å². The van der Waals surface area contributed by atoms with Crippen molar-refractivity contribution in [3.63, 3.8) is 0 Å². The van der Waals surface area contributed by atoms with Crippen molar-refractivity contribution in [2.75, 3.05) is 0 Å². The lowest BCUT2D eigenvalue weighted by Crippen LogP contribution is -2.48. The van der Waals surface area contributed by atoms with Crippen LogP contribution in [0.1, 0.15) is 30.8 Å². The molecular weight excluding hydrogens is 311 g/mol. The van der Waals surface area contributed by atoms with Crippen molar-refractivity contribution in [3.8, 4) is 5.69 Å². The molecule has 0 fully saturated rings. The summed E-state index contributed by atoms with van der Waals surface area (Å²) in [4.78, 5) is 11.2. The number of hydrogen-bond acceptors (Lipinski definition) is 4. The Morgan fingerprint density at radius 2 is 1.74 bits per heavy atom. The van der Waals surface area contributed by atoms with Gasteiger partial charge < -0.3 is 5.32 Å². The van der Waals surface area contributed by atoms with E-state index < -0.39 is 17.6 Å². The Hall–Kier alpha value is -2.45. The fourth-order valence-electron chi connectivity index (χ4n) is 2.28. The summed E-state index contributed by atoms with van der Waals surface area (Å²) >= 11 is 0. The molecule has 0 aliphatic heterocycles. The molecule has 0 spiro atoms. The number of para-hydroxylation sites is 1. The van der Waals surface area contributed by atoms with Crippen molar-refractivity contribution >= 4 is 5.91 Å². The van der Waals surface area contributed by atoms with Crippen molar-refractivity contribution in [3.05, 3.63) is 35.2 Å². The minimum atomic E-state index is -4.98. The summed E-state index contributed by atoms with van der Waals surface area (Å²) < 4.78 is 38.9. The monoisotopic (exact) mass is 327 g/mol. The van der Waals surface area contributed by atoms with Crippen LogP contribution in [0.2, 0.25) is 0 Å². The average molecular weight is 327 g/mol. The second-order valence-corrected chi connectivity index (χ2v) is 5.73. The van der Waals surface area contributed by atoms with E-state index in [0.717, 1.165) is 11.1 Å². The molecule has 0 atom stereocenters. The molecule has 2 aromatic rings. The highest BCUT2D eigenvalue weighted by atomic mass is 19.4. The van der Waals surface area contributed by atoms with E-state index in [9.17, 15) is 18.0 Å². The van der Waals surface area contributed by atoms with Gasteiger partial charge in [0.05, 0.1) is 11.2 Å². The molecule has 1 heterocycles. The van der Waals surface area contributed by atoms with Gasteiger partial charge in [-0.3, -0.25) is 4.79 Å². The molecule has 1 aromatic carbocycles. The number of aryl methyl sites for hydroxylation is 2. The van der Waals surface area contributed by atoms with Gasteiger partial charge in [0.1, 0.15) is 0 Å². The average Bonchev–Trinajstić information content (AvgIpc) is 2.86. The minimum Gasteiger partial charge on any atom is -0.336 e. The second kappa shape index (κ2) is 5.64. The van der Waals surface area contributed by atoms with Crippen LogP contribution in [-0.2, 0) is 10.3 Å². The molecule has 23 heavy (non-hydrogen) atoms. The summed E-state index contributed by atoms with van der Waals surface area (Å²) in [6, 6.07) is 5.54. The molecule has 9 heteroatoms. The van der Waals surface area contributed by atoms with Crippen molar-refractivity contribution in [1.82, 2.24) is 25.5 Å². The van der Waals surface area contributed by atoms with Gasteiger partial charge in [-0.15, -0.1) is 5.10 Å². The van der Waals surface area contributed by atoms with E-state index in [2.05, 4.69) is 15.5 Å². The van der Waals surface area contributed by atoms with E-state index in [1.165, 1.54) is 18.5 Å². The van der Waals surface area contributed by atoms with Crippen molar-refractivity contribution in [2.24, 2.45) is 0 Å². The maximum atomic E-state index is 12.5. The predicted molar refractivity (Wildman–Crippen MR) is 75.9 cm³/mol. The van der Waals surface area contributed by atoms with Crippen LogP contribution in [0.3, 0.4) is 0 Å². The minimum absolute atomic E-state index is 0.104. The van der Waals surface area contributed by atoms with Gasteiger partial charge in [-0.25, -0.2) is 0 Å². The molecular formula is C14H16F3N5O. The van der Waals surface area contributed by atoms with Crippen LogP contribution in [0.25, 0.3) is 5.69 Å². The van der Waals surface area contributed by atoms with Crippen LogP contribution in [0.5, 0.6) is 0 Å². The van der Waals surface area contributed by atoms with E-state index in [-0.39, 0.29) is 5.82 Å². The summed E-state index contributed by atoms with van der Waals surface area (Å²) in [5.74, 6) is -1.94. The maximum absolute atomic E-state index is 12.5. The summed E-state index contributed by atoms with van der Waals surface area (Å²) in [5.41, 5.74) is 0.972. The second-order valence-electron chi connectivity index (χ2n) is 5.73. The number of benzene rings is 1. The van der Waals surface area contributed by atoms with Crippen molar-refractivity contribution in [2.45, 2.75) is 39.4 Å². The Labute approximate surface area is 130 Å². The van der Waals surface area contributed by atoms with Gasteiger partial charge in [-0.2, -0.15) is 17.9 Å². The Bertz CT molecular complexity index is 716. The zero-order chi connectivity index (χ0) is 17.4. The largest absolute Gasteiger partial charge is 0.471 e. The fraction of sp³-hybridized carbons (Fsp3) is 0.429. The van der Waals surface area contributed by atoms with Crippen LogP contribution in [0, 0.1) is 13.8 Å². The standard InChI is InChI=1S/C14H16F3N5O/c1-8-6-5-7-9(2)10(8)22-11(19-20-21-22)13(3,4)18-12(23)14(15,16)17/h5-7H,1-4H3,(H,18,23). The lowest BCUT2D eigenvalue weighted by Gasteiger charge is -2.26. The summed E-state index contributed by atoms with van der Waals surface area (Å²) in [5, 5.41) is 13.1. The number of carbonyl (C=O) groups is 1. The molecule has 0 aliphatic carbocycles. The Balaban J connectivity index is 2.47. The Kier molecular flexibility index (Phi) is 4.14. The fourth-order valence-corrected chi connectivity index (χ4v) is 2.28. The number of carbonyl (C=O) groups excluding carboxylic acids is 1. The number of amides is 1. The number of halogens is 3. The lowest BCUT2D eigenvalue weighted by atomic mass is 10.0. The maximum Gasteiger partial charge on any atom is 0.471 e. The smallest absolute Gasteiger partial charge is 0.336 e. The predicted octanol–water partition coefficient (Wildman–Crippen LogP) is 2.19. The van der Waals surface area contributed by atoms with Gasteiger partial charge in [0, 0.05) is 0 Å². The zero-order valence-electron chi connectivity index (χ0n) is 13.1. The summed E-state index contributed by atoms with van der Waals surface area (Å²) in [6.45, 7) is 6.50. The number of nitrogens with one attached hydrogen (secondary N) is 1. The quantitative estimate of drug-likeness (QED) is 0.938. The normalized spacial score (nSPS) is 12.3. The van der Waals surface area contributed by atoms with Crippen LogP contribution >= 0.6 is 0 Å². The first-order valence-electron chi connectivity index (χ1n) is 6.79. The molecule has 2 rings (SSSR count). The molecule has 0 saturated carbocycles. The van der Waals surface area contributed by atoms with Gasteiger partial charge >= 0.3 is 12.1 Å². The number of alkyl halides is 3. The molecule has 124 valence electrons. The molecule has 1 amide bonds. The molecule has 0 radical (unpaired) electrons. The molecule has 0 unspecified atom stereocenters. The van der Waals surface area contributed by atoms with E-state index in [0.29, 0.717) is 5.69 Å².